The molecule has 0 atom stereocenters. The molecule has 5 nitrogen and oxygen atoms in total. The smallest absolute Gasteiger partial charge is 0.124 e. The van der Waals surface area contributed by atoms with Crippen LogP contribution in [0.2, 0.25) is 19.6 Å². The predicted molar refractivity (Wildman–Crippen MR) is 55.0 cm³/mol. The second-order valence-corrected chi connectivity index (χ2v) is 8.89. The van der Waals surface area contributed by atoms with Crippen LogP contribution in [0.1, 0.15) is 0 Å². The lowest BCUT2D eigenvalue weighted by molar-refractivity contribution is 0.938. The maximum absolute atomic E-state index is 8.28. The fourth-order valence-corrected chi connectivity index (χ4v) is 2.81. The Balaban J connectivity index is 3.21. The van der Waals surface area contributed by atoms with Crippen LogP contribution >= 0.6 is 0 Å². The van der Waals surface area contributed by atoms with Crippen LogP contribution in [0.5, 0.6) is 0 Å². The van der Waals surface area contributed by atoms with Crippen LogP contribution < -0.4 is 5.45 Å². The number of nitrogens with zero attached hydrogens (tertiary/aromatic N) is 5. The van der Waals surface area contributed by atoms with Crippen molar-refractivity contribution in [2.24, 2.45) is 12.2 Å². The van der Waals surface area contributed by atoms with Crippen LogP contribution in [0, 0.1) is 0 Å². The highest BCUT2D eigenvalue weighted by Gasteiger charge is 2.22. The maximum atomic E-state index is 8.28. The molecule has 0 saturated heterocycles. The van der Waals surface area contributed by atoms with Crippen LogP contribution in [0.15, 0.2) is 11.3 Å². The molecule has 0 N–H and O–H groups in total. The highest BCUT2D eigenvalue weighted by molar-refractivity contribution is 6.87. The van der Waals surface area contributed by atoms with E-state index in [4.69, 9.17) is 5.53 Å². The fraction of sp³-hybridized carbons (Fsp3) is 0.571. The molecule has 0 aromatic carbocycles. The van der Waals surface area contributed by atoms with Gasteiger partial charge in [0, 0.05) is 12.0 Å². The Labute approximate surface area is 78.0 Å². The van der Waals surface area contributed by atoms with Gasteiger partial charge in [-0.3, -0.25) is 0 Å². The monoisotopic (exact) mass is 195 g/mol. The van der Waals surface area contributed by atoms with E-state index >= 15 is 0 Å². The van der Waals surface area contributed by atoms with Gasteiger partial charge in [-0.15, -0.1) is 0 Å². The quantitative estimate of drug-likeness (QED) is 0.307. The van der Waals surface area contributed by atoms with Gasteiger partial charge in [-0.1, -0.05) is 19.6 Å². The highest BCUT2D eigenvalue weighted by atomic mass is 28.3. The van der Waals surface area contributed by atoms with Crippen molar-refractivity contribution in [3.05, 3.63) is 16.6 Å². The van der Waals surface area contributed by atoms with Crippen molar-refractivity contribution in [3.8, 4) is 0 Å². The summed E-state index contributed by atoms with van der Waals surface area (Å²) in [6.45, 7) is 6.61. The molecule has 0 bridgehead atoms. The number of hydrogen-bond donors (Lipinski definition) is 0. The number of imidazole rings is 1. The van der Waals surface area contributed by atoms with E-state index in [2.05, 4.69) is 34.7 Å². The minimum atomic E-state index is -1.42. The maximum Gasteiger partial charge on any atom is 0.124 e. The van der Waals surface area contributed by atoms with Crippen molar-refractivity contribution in [1.82, 2.24) is 9.55 Å². The van der Waals surface area contributed by atoms with E-state index in [-0.39, 0.29) is 0 Å². The van der Waals surface area contributed by atoms with Crippen molar-refractivity contribution in [1.29, 1.82) is 0 Å². The second-order valence-electron chi connectivity index (χ2n) is 3.94. The molecular weight excluding hydrogens is 182 g/mol. The summed E-state index contributed by atoms with van der Waals surface area (Å²) in [5.74, 6) is 0.583. The Hall–Kier alpha value is -1.26. The summed E-state index contributed by atoms with van der Waals surface area (Å²) in [6, 6.07) is 0. The van der Waals surface area contributed by atoms with Gasteiger partial charge in [0.2, 0.25) is 0 Å². The molecule has 70 valence electrons. The average Bonchev–Trinajstić information content (AvgIpc) is 2.32. The minimum absolute atomic E-state index is 0.583. The highest BCUT2D eigenvalue weighted by Crippen LogP contribution is 2.10. The van der Waals surface area contributed by atoms with Gasteiger partial charge in [0.25, 0.3) is 0 Å². The zero-order valence-corrected chi connectivity index (χ0v) is 9.31. The molecule has 0 aliphatic carbocycles. The molecule has 1 aromatic rings. The molecule has 1 rings (SSSR count). The number of aromatic nitrogens is 2. The average molecular weight is 195 g/mol. The van der Waals surface area contributed by atoms with Crippen molar-refractivity contribution in [2.75, 3.05) is 0 Å². The van der Waals surface area contributed by atoms with Gasteiger partial charge in [0.1, 0.15) is 13.9 Å². The summed E-state index contributed by atoms with van der Waals surface area (Å²) < 4.78 is 1.87. The molecular formula is C7H13N5Si. The Morgan fingerprint density at radius 2 is 2.15 bits per heavy atom. The van der Waals surface area contributed by atoms with Gasteiger partial charge in [0.15, 0.2) is 0 Å². The SMILES string of the molecule is Cn1c(N=[N+]=[N-])cnc1[Si](C)(C)C. The Bertz CT molecular complexity index is 355. The molecule has 0 aliphatic heterocycles. The lowest BCUT2D eigenvalue weighted by atomic mass is 10.8. The molecule has 0 amide bonds. The van der Waals surface area contributed by atoms with Gasteiger partial charge in [-0.2, -0.15) is 0 Å². The van der Waals surface area contributed by atoms with Gasteiger partial charge < -0.3 is 4.57 Å². The van der Waals surface area contributed by atoms with Crippen LogP contribution in [-0.2, 0) is 7.05 Å². The molecule has 0 aliphatic rings. The number of hydrogen-bond acceptors (Lipinski definition) is 2. The number of azide groups is 1. The van der Waals surface area contributed by atoms with Crippen LogP contribution in [-0.4, -0.2) is 17.6 Å². The van der Waals surface area contributed by atoms with Gasteiger partial charge >= 0.3 is 0 Å². The van der Waals surface area contributed by atoms with Crippen LogP contribution in [0.3, 0.4) is 0 Å². The third-order valence-electron chi connectivity index (χ3n) is 1.78. The summed E-state index contributed by atoms with van der Waals surface area (Å²) in [5.41, 5.74) is 9.34. The standard InChI is InChI=1S/C7H13N5Si/c1-12-6(10-11-8)5-9-7(12)13(2,3)4/h5H,1-4H3. The van der Waals surface area contributed by atoms with Crippen molar-refractivity contribution >= 4 is 19.3 Å². The largest absolute Gasteiger partial charge is 0.334 e. The first-order valence-corrected chi connectivity index (χ1v) is 7.54. The van der Waals surface area contributed by atoms with Crippen molar-refractivity contribution in [3.63, 3.8) is 0 Å². The van der Waals surface area contributed by atoms with E-state index in [0.717, 1.165) is 5.45 Å². The normalized spacial score (nSPS) is 11.1. The summed E-state index contributed by atoms with van der Waals surface area (Å²) in [4.78, 5) is 7.01. The van der Waals surface area contributed by atoms with Crippen molar-refractivity contribution < 1.29 is 0 Å². The lowest BCUT2D eigenvalue weighted by Crippen LogP contribution is -2.43. The van der Waals surface area contributed by atoms with Gasteiger partial charge in [-0.25, -0.2) is 4.98 Å². The third-order valence-corrected chi connectivity index (χ3v) is 3.59. The van der Waals surface area contributed by atoms with E-state index < -0.39 is 8.07 Å². The Kier molecular flexibility index (Phi) is 2.44. The topological polar surface area (TPSA) is 66.6 Å². The molecule has 0 unspecified atom stereocenters. The second kappa shape index (κ2) is 3.24. The molecule has 0 saturated carbocycles. The molecule has 0 fully saturated rings. The summed E-state index contributed by atoms with van der Waals surface area (Å²) >= 11 is 0. The Morgan fingerprint density at radius 1 is 1.54 bits per heavy atom. The summed E-state index contributed by atoms with van der Waals surface area (Å²) in [7, 11) is 0.462. The Morgan fingerprint density at radius 3 is 2.54 bits per heavy atom. The van der Waals surface area contributed by atoms with E-state index in [1.807, 2.05) is 11.6 Å². The van der Waals surface area contributed by atoms with E-state index in [0.29, 0.717) is 5.82 Å². The summed E-state index contributed by atoms with van der Waals surface area (Å²) in [5, 5.41) is 3.54. The first-order valence-electron chi connectivity index (χ1n) is 4.04. The molecule has 0 radical (unpaired) electrons. The van der Waals surface area contributed by atoms with Crippen LogP contribution in [0.4, 0.5) is 5.82 Å². The van der Waals surface area contributed by atoms with Crippen molar-refractivity contribution in [2.45, 2.75) is 19.6 Å². The molecule has 1 heterocycles. The minimum Gasteiger partial charge on any atom is -0.334 e. The first-order chi connectivity index (χ1) is 5.96. The fourth-order valence-electron chi connectivity index (χ4n) is 1.24. The molecule has 1 aromatic heterocycles. The van der Waals surface area contributed by atoms with E-state index in [1.54, 1.807) is 6.20 Å². The van der Waals surface area contributed by atoms with E-state index in [9.17, 15) is 0 Å². The van der Waals surface area contributed by atoms with Gasteiger partial charge in [-0.05, 0) is 10.6 Å². The molecule has 0 spiro atoms. The lowest BCUT2D eigenvalue weighted by Gasteiger charge is -2.15. The zero-order valence-electron chi connectivity index (χ0n) is 8.31. The van der Waals surface area contributed by atoms with Gasteiger partial charge in [0.05, 0.1) is 11.6 Å². The molecule has 6 heteroatoms. The number of rotatable bonds is 2. The van der Waals surface area contributed by atoms with E-state index in [1.165, 1.54) is 0 Å². The van der Waals surface area contributed by atoms with Crippen LogP contribution in [0.25, 0.3) is 10.4 Å². The zero-order chi connectivity index (χ0) is 10.1. The predicted octanol–water partition coefficient (Wildman–Crippen LogP) is 1.91. The summed E-state index contributed by atoms with van der Waals surface area (Å²) in [6.07, 6.45) is 1.62. The molecule has 13 heavy (non-hydrogen) atoms. The third kappa shape index (κ3) is 1.91. The first kappa shape index (κ1) is 9.82.